The molecule has 0 radical (unpaired) electrons. The Balaban J connectivity index is 2.07. The Kier molecular flexibility index (Phi) is 6.57. The summed E-state index contributed by atoms with van der Waals surface area (Å²) in [6, 6.07) is 6.56. The number of benzene rings is 1. The van der Waals surface area contributed by atoms with Crippen molar-refractivity contribution in [3.63, 3.8) is 0 Å². The number of hydrogen-bond acceptors (Lipinski definition) is 5. The van der Waals surface area contributed by atoms with E-state index < -0.39 is 23.5 Å². The Morgan fingerprint density at radius 3 is 2.55 bits per heavy atom. The Hall–Kier alpha value is -2.41. The van der Waals surface area contributed by atoms with Crippen LogP contribution in [0.5, 0.6) is 0 Å². The van der Waals surface area contributed by atoms with Gasteiger partial charge in [-0.05, 0) is 31.4 Å². The van der Waals surface area contributed by atoms with Gasteiger partial charge in [0.2, 0.25) is 5.91 Å². The number of ether oxygens (including phenoxy) is 2. The molecule has 1 aliphatic carbocycles. The largest absolute Gasteiger partial charge is 0.467 e. The molecule has 1 saturated carbocycles. The number of fused-ring (bicyclic) bond motifs is 1. The molecule has 0 saturated heterocycles. The van der Waals surface area contributed by atoms with Gasteiger partial charge in [-0.1, -0.05) is 37.5 Å². The van der Waals surface area contributed by atoms with Crippen molar-refractivity contribution < 1.29 is 23.9 Å². The van der Waals surface area contributed by atoms with Gasteiger partial charge in [-0.2, -0.15) is 0 Å². The molecule has 2 amide bonds. The highest BCUT2D eigenvalue weighted by molar-refractivity contribution is 6.02. The molecule has 2 atom stereocenters. The summed E-state index contributed by atoms with van der Waals surface area (Å²) in [5.74, 6) is -1.33. The first-order chi connectivity index (χ1) is 14.0. The van der Waals surface area contributed by atoms with E-state index in [9.17, 15) is 14.4 Å². The maximum absolute atomic E-state index is 13.5. The molecule has 0 unspecified atom stereocenters. The van der Waals surface area contributed by atoms with Crippen molar-refractivity contribution in [1.29, 1.82) is 0 Å². The fraction of sp³-hybridized carbons (Fsp3) is 0.591. The van der Waals surface area contributed by atoms with Crippen molar-refractivity contribution >= 4 is 17.8 Å². The lowest BCUT2D eigenvalue weighted by Gasteiger charge is -2.53. The molecular weight excluding hydrogens is 372 g/mol. The molecule has 0 aromatic heterocycles. The molecule has 1 fully saturated rings. The van der Waals surface area contributed by atoms with E-state index in [1.807, 2.05) is 23.1 Å². The second-order valence-electron chi connectivity index (χ2n) is 7.89. The van der Waals surface area contributed by atoms with Crippen molar-refractivity contribution in [3.8, 4) is 0 Å². The van der Waals surface area contributed by atoms with E-state index in [1.54, 1.807) is 20.1 Å². The molecule has 0 bridgehead atoms. The van der Waals surface area contributed by atoms with Gasteiger partial charge in [-0.3, -0.25) is 9.59 Å². The first-order valence-corrected chi connectivity index (χ1v) is 10.2. The summed E-state index contributed by atoms with van der Waals surface area (Å²) in [5.41, 5.74) is 0.676. The summed E-state index contributed by atoms with van der Waals surface area (Å²) in [7, 11) is 2.91. The van der Waals surface area contributed by atoms with Crippen molar-refractivity contribution in [2.45, 2.75) is 56.5 Å². The van der Waals surface area contributed by atoms with E-state index >= 15 is 0 Å². The number of nitrogens with zero attached hydrogens (tertiary/aromatic N) is 1. The van der Waals surface area contributed by atoms with Crippen LogP contribution in [0, 0.1) is 0 Å². The first kappa shape index (κ1) is 21.3. The third kappa shape index (κ3) is 3.88. The minimum Gasteiger partial charge on any atom is -0.467 e. The molecule has 29 heavy (non-hydrogen) atoms. The Morgan fingerprint density at radius 1 is 1.21 bits per heavy atom. The van der Waals surface area contributed by atoms with Crippen LogP contribution in [0.3, 0.4) is 0 Å². The highest BCUT2D eigenvalue weighted by Crippen LogP contribution is 2.49. The number of methoxy groups -OCH3 is 2. The number of hydrogen-bond donors (Lipinski definition) is 1. The predicted molar refractivity (Wildman–Crippen MR) is 108 cm³/mol. The van der Waals surface area contributed by atoms with Crippen molar-refractivity contribution in [1.82, 2.24) is 10.2 Å². The fourth-order valence-electron chi connectivity index (χ4n) is 4.88. The fourth-order valence-corrected chi connectivity index (χ4v) is 4.88. The summed E-state index contributed by atoms with van der Waals surface area (Å²) in [6.45, 7) is 2.45. The highest BCUT2D eigenvalue weighted by Gasteiger charge is 2.54. The van der Waals surface area contributed by atoms with E-state index in [4.69, 9.17) is 9.47 Å². The zero-order valence-electron chi connectivity index (χ0n) is 17.4. The minimum atomic E-state index is -0.759. The second-order valence-corrected chi connectivity index (χ2v) is 7.89. The molecule has 7 nitrogen and oxygen atoms in total. The van der Waals surface area contributed by atoms with Crippen LogP contribution in [0.15, 0.2) is 24.3 Å². The third-order valence-corrected chi connectivity index (χ3v) is 6.24. The van der Waals surface area contributed by atoms with Gasteiger partial charge >= 0.3 is 5.97 Å². The van der Waals surface area contributed by atoms with Crippen LogP contribution >= 0.6 is 0 Å². The Labute approximate surface area is 171 Å². The molecule has 158 valence electrons. The Bertz CT molecular complexity index is 772. The van der Waals surface area contributed by atoms with E-state index in [0.29, 0.717) is 18.7 Å². The van der Waals surface area contributed by atoms with Crippen LogP contribution in [-0.4, -0.2) is 61.6 Å². The monoisotopic (exact) mass is 402 g/mol. The SMILES string of the molecule is COCCN1C(=O)c2ccccc2[C@@H](C(=O)N[C@H](C)C(=O)OC)C12CCCCC2. The molecule has 1 spiro atoms. The minimum absolute atomic E-state index is 0.0513. The van der Waals surface area contributed by atoms with Crippen LogP contribution in [0.2, 0.25) is 0 Å². The topological polar surface area (TPSA) is 84.9 Å². The van der Waals surface area contributed by atoms with Gasteiger partial charge in [-0.25, -0.2) is 4.79 Å². The normalized spacial score (nSPS) is 21.4. The quantitative estimate of drug-likeness (QED) is 0.738. The number of amides is 2. The molecule has 3 rings (SSSR count). The number of carbonyl (C=O) groups excluding carboxylic acids is 3. The number of esters is 1. The zero-order chi connectivity index (χ0) is 21.0. The van der Waals surface area contributed by atoms with Crippen molar-refractivity contribution in [2.24, 2.45) is 0 Å². The predicted octanol–water partition coefficient (Wildman–Crippen LogP) is 2.25. The van der Waals surface area contributed by atoms with Gasteiger partial charge in [0.05, 0.1) is 25.2 Å². The standard InChI is InChI=1S/C22H30N2O5/c1-15(21(27)29-3)23-19(25)18-16-9-5-6-10-17(16)20(26)24(13-14-28-2)22(18)11-7-4-8-12-22/h5-6,9-10,15,18H,4,7-8,11-14H2,1-3H3,(H,23,25)/t15-,18+/m1/s1. The first-order valence-electron chi connectivity index (χ1n) is 10.2. The van der Waals surface area contributed by atoms with E-state index in [-0.39, 0.29) is 11.8 Å². The lowest BCUT2D eigenvalue weighted by atomic mass is 9.65. The highest BCUT2D eigenvalue weighted by atomic mass is 16.5. The molecule has 1 heterocycles. The summed E-state index contributed by atoms with van der Waals surface area (Å²) >= 11 is 0. The van der Waals surface area contributed by atoms with Crippen LogP contribution in [0.25, 0.3) is 0 Å². The van der Waals surface area contributed by atoms with E-state index in [1.165, 1.54) is 7.11 Å². The zero-order valence-corrected chi connectivity index (χ0v) is 17.4. The third-order valence-electron chi connectivity index (χ3n) is 6.24. The van der Waals surface area contributed by atoms with E-state index in [2.05, 4.69) is 5.32 Å². The molecule has 1 N–H and O–H groups in total. The molecule has 1 aromatic rings. The Morgan fingerprint density at radius 2 is 1.90 bits per heavy atom. The van der Waals surface area contributed by atoms with Gasteiger partial charge in [0.1, 0.15) is 6.04 Å². The van der Waals surface area contributed by atoms with Gasteiger partial charge in [0.25, 0.3) is 5.91 Å². The molecule has 7 heteroatoms. The summed E-state index contributed by atoms with van der Waals surface area (Å²) in [4.78, 5) is 40.6. The van der Waals surface area contributed by atoms with Crippen LogP contribution in [-0.2, 0) is 19.1 Å². The van der Waals surface area contributed by atoms with Gasteiger partial charge in [0, 0.05) is 19.2 Å². The number of carbonyl (C=O) groups is 3. The lowest BCUT2D eigenvalue weighted by molar-refractivity contribution is -0.145. The average molecular weight is 402 g/mol. The van der Waals surface area contributed by atoms with Crippen molar-refractivity contribution in [3.05, 3.63) is 35.4 Å². The average Bonchev–Trinajstić information content (AvgIpc) is 2.73. The lowest BCUT2D eigenvalue weighted by Crippen LogP contribution is -2.63. The van der Waals surface area contributed by atoms with E-state index in [0.717, 1.165) is 37.7 Å². The van der Waals surface area contributed by atoms with Crippen molar-refractivity contribution in [2.75, 3.05) is 27.4 Å². The van der Waals surface area contributed by atoms with Crippen LogP contribution in [0.1, 0.15) is 60.9 Å². The molecule has 2 aliphatic rings. The van der Waals surface area contributed by atoms with Crippen LogP contribution in [0.4, 0.5) is 0 Å². The second kappa shape index (κ2) is 8.95. The van der Waals surface area contributed by atoms with Gasteiger partial charge < -0.3 is 19.7 Å². The molecule has 1 aliphatic heterocycles. The van der Waals surface area contributed by atoms with Gasteiger partial charge in [-0.15, -0.1) is 0 Å². The smallest absolute Gasteiger partial charge is 0.328 e. The molecule has 1 aromatic carbocycles. The maximum atomic E-state index is 13.5. The number of rotatable bonds is 6. The maximum Gasteiger partial charge on any atom is 0.328 e. The molecular formula is C22H30N2O5. The summed E-state index contributed by atoms with van der Waals surface area (Å²) in [6.07, 6.45) is 4.50. The number of nitrogens with one attached hydrogen (secondary N) is 1. The summed E-state index contributed by atoms with van der Waals surface area (Å²) in [5, 5.41) is 2.82. The summed E-state index contributed by atoms with van der Waals surface area (Å²) < 4.78 is 10.0. The van der Waals surface area contributed by atoms with Crippen LogP contribution < -0.4 is 5.32 Å². The van der Waals surface area contributed by atoms with Gasteiger partial charge in [0.15, 0.2) is 0 Å².